The maximum atomic E-state index is 12.7. The third kappa shape index (κ3) is 24.6. The lowest BCUT2D eigenvalue weighted by Gasteiger charge is -2.34. The van der Waals surface area contributed by atoms with E-state index < -0.39 is 45.6 Å². The number of methoxy groups -OCH3 is 1. The van der Waals surface area contributed by atoms with E-state index >= 15 is 0 Å². The van der Waals surface area contributed by atoms with Gasteiger partial charge in [-0.25, -0.2) is 9.59 Å². The number of rotatable bonds is 27. The molecule has 0 aliphatic heterocycles. The standard InChI is InChI=1S/C34H48O5Si2.C32H42O6Si2.2CH4/c1-9-10-25-40(5,6)39-41(7,8)26-13-15-27-14-11-12-16-32(27)38-33(35)37-31-23-19-29(20-24-31)34(2,3)28-17-21-30(36-4)22-18-28;1-7-8-23-39(3,4)38-40(5,6)24-11-13-28-12-9-10-14-31(28)37-32(34)36-30-21-17-27(18-22-30)26-15-19-29(20-16-26)35-25(2)33;;/h11-12,14,16-24H,9-10,13,15,25-26H2,1-8H3;9-10,12,14-22H,7-8,11,13,23-24H2,1-6H3;2*1H4. The Morgan fingerprint density at radius 1 is 0.410 bits per heavy atom. The van der Waals surface area contributed by atoms with Gasteiger partial charge in [-0.2, -0.15) is 0 Å². The summed E-state index contributed by atoms with van der Waals surface area (Å²) in [6, 6.07) is 50.0. The monoisotopic (exact) mass is 1200 g/mol. The second kappa shape index (κ2) is 33.4. The molecule has 11 nitrogen and oxygen atoms in total. The van der Waals surface area contributed by atoms with Crippen molar-refractivity contribution in [2.75, 3.05) is 7.11 Å². The summed E-state index contributed by atoms with van der Waals surface area (Å²) in [6.45, 7) is 28.8. The molecule has 15 heteroatoms. The van der Waals surface area contributed by atoms with E-state index in [1.54, 1.807) is 37.4 Å². The van der Waals surface area contributed by atoms with Gasteiger partial charge in [0.25, 0.3) is 0 Å². The zero-order chi connectivity index (χ0) is 59.3. The molecule has 0 N–H and O–H groups in total. The molecule has 452 valence electrons. The first-order chi connectivity index (χ1) is 38.3. The molecule has 0 bridgehead atoms. The molecule has 83 heavy (non-hydrogen) atoms. The Balaban J connectivity index is 0.000000425. The first-order valence-electron chi connectivity index (χ1n) is 28.8. The second-order valence-corrected chi connectivity index (χ2v) is 41.5. The van der Waals surface area contributed by atoms with Crippen LogP contribution in [0.25, 0.3) is 11.1 Å². The Labute approximate surface area is 503 Å². The lowest BCUT2D eigenvalue weighted by molar-refractivity contribution is -0.131. The number of aryl methyl sites for hydroxylation is 2. The summed E-state index contributed by atoms with van der Waals surface area (Å²) in [5.41, 5.74) is 5.94. The molecule has 0 saturated heterocycles. The Bertz CT molecular complexity index is 2900. The van der Waals surface area contributed by atoms with Crippen molar-refractivity contribution in [2.24, 2.45) is 0 Å². The van der Waals surface area contributed by atoms with Gasteiger partial charge >= 0.3 is 18.3 Å². The molecule has 0 spiro atoms. The van der Waals surface area contributed by atoms with Crippen molar-refractivity contribution in [3.63, 3.8) is 0 Å². The van der Waals surface area contributed by atoms with E-state index in [1.165, 1.54) is 50.3 Å². The zero-order valence-electron chi connectivity index (χ0n) is 50.8. The van der Waals surface area contributed by atoms with Gasteiger partial charge in [-0.15, -0.1) is 0 Å². The summed E-state index contributed by atoms with van der Waals surface area (Å²) < 4.78 is 46.1. The molecule has 6 rings (SSSR count). The van der Waals surface area contributed by atoms with E-state index in [2.05, 4.69) is 92.2 Å². The summed E-state index contributed by atoms with van der Waals surface area (Å²) in [4.78, 5) is 36.4. The number of carbonyl (C=O) groups excluding carboxylic acids is 3. The second-order valence-electron chi connectivity index (χ2n) is 23.8. The summed E-state index contributed by atoms with van der Waals surface area (Å²) in [5, 5.41) is 0. The maximum Gasteiger partial charge on any atom is 0.519 e. The fourth-order valence-corrected chi connectivity index (χ4v) is 28.1. The van der Waals surface area contributed by atoms with Gasteiger partial charge in [0.2, 0.25) is 0 Å². The average molecular weight is 1200 g/mol. The summed E-state index contributed by atoms with van der Waals surface area (Å²) in [7, 11) is -5.12. The highest BCUT2D eigenvalue weighted by Crippen LogP contribution is 2.35. The van der Waals surface area contributed by atoms with Crippen LogP contribution in [0.15, 0.2) is 146 Å². The molecular formula is C68H98O11Si4. The highest BCUT2D eigenvalue weighted by atomic mass is 28.4. The molecule has 0 saturated carbocycles. The SMILES string of the molecule is C.C.CCCC[Si](C)(C)O[Si](C)(C)CCCc1ccccc1OC(=O)Oc1ccc(-c2ccc(OC(C)=O)cc2)cc1.CCCC[Si](C)(C)O[Si](C)(C)CCCc1ccccc1OC(=O)Oc1ccc(C(C)(C)c2ccc(OC)cc2)cc1. The first-order valence-corrected chi connectivity index (χ1v) is 41.3. The Morgan fingerprint density at radius 3 is 1.06 bits per heavy atom. The third-order valence-electron chi connectivity index (χ3n) is 14.2. The lowest BCUT2D eigenvalue weighted by atomic mass is 9.78. The average Bonchev–Trinajstić information content (AvgIpc) is 3.55. The lowest BCUT2D eigenvalue weighted by Crippen LogP contribution is -2.44. The van der Waals surface area contributed by atoms with Crippen molar-refractivity contribution >= 4 is 51.5 Å². The predicted molar refractivity (Wildman–Crippen MR) is 352 cm³/mol. The van der Waals surface area contributed by atoms with Crippen molar-refractivity contribution < 1.29 is 51.0 Å². The van der Waals surface area contributed by atoms with Crippen LogP contribution in [-0.2, 0) is 31.3 Å². The van der Waals surface area contributed by atoms with E-state index in [9.17, 15) is 14.4 Å². The van der Waals surface area contributed by atoms with Gasteiger partial charge in [0, 0.05) is 12.3 Å². The van der Waals surface area contributed by atoms with Crippen LogP contribution in [0.3, 0.4) is 0 Å². The molecule has 0 unspecified atom stereocenters. The molecule has 0 radical (unpaired) electrons. The van der Waals surface area contributed by atoms with Crippen molar-refractivity contribution in [3.05, 3.63) is 168 Å². The topological polar surface area (TPSA) is 125 Å². The Morgan fingerprint density at radius 2 is 0.723 bits per heavy atom. The van der Waals surface area contributed by atoms with Gasteiger partial charge in [-0.1, -0.05) is 153 Å². The summed E-state index contributed by atoms with van der Waals surface area (Å²) in [6.07, 6.45) is 7.02. The number of unbranched alkanes of at least 4 members (excludes halogenated alkanes) is 2. The van der Waals surface area contributed by atoms with Crippen LogP contribution in [0.2, 0.25) is 76.6 Å². The Kier molecular flexibility index (Phi) is 28.7. The fraction of sp³-hybridized carbons (Fsp3) is 0.426. The molecular weight excluding hydrogens is 1110 g/mol. The van der Waals surface area contributed by atoms with Crippen LogP contribution in [0.4, 0.5) is 9.59 Å². The van der Waals surface area contributed by atoms with Crippen LogP contribution >= 0.6 is 0 Å². The number of benzene rings is 6. The molecule has 0 amide bonds. The first kappa shape index (κ1) is 71.2. The van der Waals surface area contributed by atoms with E-state index in [0.717, 1.165) is 71.3 Å². The number of esters is 1. The van der Waals surface area contributed by atoms with Crippen molar-refractivity contribution in [1.82, 2.24) is 0 Å². The Hall–Kier alpha value is -6.08. The molecule has 6 aromatic rings. The van der Waals surface area contributed by atoms with Crippen LogP contribution in [0.5, 0.6) is 34.5 Å². The van der Waals surface area contributed by atoms with Gasteiger partial charge in [-0.3, -0.25) is 4.79 Å². The summed E-state index contributed by atoms with van der Waals surface area (Å²) >= 11 is 0. The van der Waals surface area contributed by atoms with Crippen molar-refractivity contribution in [1.29, 1.82) is 0 Å². The highest BCUT2D eigenvalue weighted by molar-refractivity contribution is 6.85. The van der Waals surface area contributed by atoms with Crippen LogP contribution < -0.4 is 28.4 Å². The molecule has 0 aromatic heterocycles. The van der Waals surface area contributed by atoms with Crippen molar-refractivity contribution in [2.45, 2.75) is 183 Å². The minimum atomic E-state index is -1.77. The van der Waals surface area contributed by atoms with Gasteiger partial charge < -0.3 is 36.7 Å². The number of hydrogen-bond acceptors (Lipinski definition) is 11. The van der Waals surface area contributed by atoms with E-state index in [0.29, 0.717) is 28.7 Å². The van der Waals surface area contributed by atoms with E-state index in [4.69, 9.17) is 36.7 Å². The van der Waals surface area contributed by atoms with E-state index in [-0.39, 0.29) is 26.2 Å². The molecule has 0 fully saturated rings. The maximum absolute atomic E-state index is 12.7. The fourth-order valence-electron chi connectivity index (χ4n) is 10.1. The third-order valence-corrected chi connectivity index (χ3v) is 29.3. The quantitative estimate of drug-likeness (QED) is 0.0212. The minimum absolute atomic E-state index is 0. The van der Waals surface area contributed by atoms with Crippen LogP contribution in [0.1, 0.15) is 110 Å². The smallest absolute Gasteiger partial charge is 0.497 e. The van der Waals surface area contributed by atoms with Gasteiger partial charge in [-0.05, 0) is 196 Å². The summed E-state index contributed by atoms with van der Waals surface area (Å²) in [5.74, 6) is 2.87. The highest BCUT2D eigenvalue weighted by Gasteiger charge is 2.34. The van der Waals surface area contributed by atoms with Gasteiger partial charge in [0.15, 0.2) is 33.3 Å². The normalized spacial score (nSPS) is 11.6. The molecule has 0 aliphatic rings. The van der Waals surface area contributed by atoms with Gasteiger partial charge in [0.05, 0.1) is 7.11 Å². The predicted octanol–water partition coefficient (Wildman–Crippen LogP) is 20.0. The van der Waals surface area contributed by atoms with Gasteiger partial charge in [0.1, 0.15) is 34.5 Å². The molecule has 0 heterocycles. The van der Waals surface area contributed by atoms with E-state index in [1.807, 2.05) is 103 Å². The number of ether oxygens (including phenoxy) is 6. The van der Waals surface area contributed by atoms with Crippen molar-refractivity contribution in [3.8, 4) is 45.6 Å². The van der Waals surface area contributed by atoms with Crippen LogP contribution in [-0.4, -0.2) is 58.7 Å². The molecule has 6 aromatic carbocycles. The van der Waals surface area contributed by atoms with Crippen LogP contribution in [0, 0.1) is 0 Å². The zero-order valence-corrected chi connectivity index (χ0v) is 54.8. The number of carbonyl (C=O) groups is 3. The minimum Gasteiger partial charge on any atom is -0.497 e. The largest absolute Gasteiger partial charge is 0.519 e. The number of hydrogen-bond donors (Lipinski definition) is 0. The molecule has 0 aliphatic carbocycles. The number of para-hydroxylation sites is 2. The molecule has 0 atom stereocenters.